The van der Waals surface area contributed by atoms with Crippen LogP contribution in [0.25, 0.3) is 0 Å². The topological polar surface area (TPSA) is 98.3 Å². The fourth-order valence-corrected chi connectivity index (χ4v) is 1.82. The second-order valence-electron chi connectivity index (χ2n) is 4.39. The number of nitrogens with zero attached hydrogens (tertiary/aromatic N) is 1. The lowest BCUT2D eigenvalue weighted by molar-refractivity contribution is -0.383. The molecule has 0 spiro atoms. The van der Waals surface area contributed by atoms with Crippen LogP contribution in [0.2, 0.25) is 0 Å². The molecule has 1 rings (SSSR count). The van der Waals surface area contributed by atoms with Gasteiger partial charge in [0.2, 0.25) is 0 Å². The number of nitrogen functional groups attached to an aromatic ring is 1. The first-order valence-corrected chi connectivity index (χ1v) is 6.32. The molecule has 6 nitrogen and oxygen atoms in total. The van der Waals surface area contributed by atoms with Crippen molar-refractivity contribution in [2.75, 3.05) is 12.3 Å². The van der Waals surface area contributed by atoms with Crippen LogP contribution in [0.3, 0.4) is 0 Å². The van der Waals surface area contributed by atoms with E-state index in [1.807, 2.05) is 0 Å². The van der Waals surface area contributed by atoms with E-state index >= 15 is 0 Å². The molecule has 1 aromatic carbocycles. The van der Waals surface area contributed by atoms with Gasteiger partial charge in [-0.15, -0.1) is 0 Å². The number of carbonyl (C=O) groups is 1. The molecule has 0 atom stereocenters. The lowest BCUT2D eigenvalue weighted by atomic mass is 10.0. The third kappa shape index (κ3) is 3.67. The number of nitrogens with two attached hydrogens (primary N) is 1. The maximum atomic E-state index is 12.0. The molecule has 1 amide bonds. The van der Waals surface area contributed by atoms with Crippen LogP contribution in [0.4, 0.5) is 11.4 Å². The Labute approximate surface area is 112 Å². The van der Waals surface area contributed by atoms with Crippen LogP contribution in [-0.2, 0) is 0 Å². The van der Waals surface area contributed by atoms with E-state index in [1.54, 1.807) is 0 Å². The van der Waals surface area contributed by atoms with E-state index in [-0.39, 0.29) is 22.8 Å². The minimum Gasteiger partial charge on any atom is -0.393 e. The van der Waals surface area contributed by atoms with Gasteiger partial charge in [-0.1, -0.05) is 32.8 Å². The SMILES string of the molecule is CCC(CC)CNC(=O)c1cccc([N+](=O)[O-])c1N. The summed E-state index contributed by atoms with van der Waals surface area (Å²) in [4.78, 5) is 22.1. The average molecular weight is 265 g/mol. The molecule has 0 saturated carbocycles. The maximum absolute atomic E-state index is 12.0. The summed E-state index contributed by atoms with van der Waals surface area (Å²) >= 11 is 0. The fraction of sp³-hybridized carbons (Fsp3) is 0.462. The predicted molar refractivity (Wildman–Crippen MR) is 73.9 cm³/mol. The van der Waals surface area contributed by atoms with Crippen molar-refractivity contribution >= 4 is 17.3 Å². The van der Waals surface area contributed by atoms with Gasteiger partial charge in [0.1, 0.15) is 5.69 Å². The monoisotopic (exact) mass is 265 g/mol. The van der Waals surface area contributed by atoms with Gasteiger partial charge in [-0.05, 0) is 12.0 Å². The number of hydrogen-bond acceptors (Lipinski definition) is 4. The number of carbonyl (C=O) groups excluding carboxylic acids is 1. The molecular weight excluding hydrogens is 246 g/mol. The van der Waals surface area contributed by atoms with Crippen LogP contribution in [0.5, 0.6) is 0 Å². The number of nitro benzene ring substituents is 1. The van der Waals surface area contributed by atoms with Crippen LogP contribution >= 0.6 is 0 Å². The minimum absolute atomic E-state index is 0.0884. The summed E-state index contributed by atoms with van der Waals surface area (Å²) in [7, 11) is 0. The van der Waals surface area contributed by atoms with Crippen molar-refractivity contribution < 1.29 is 9.72 Å². The molecule has 0 unspecified atom stereocenters. The van der Waals surface area contributed by atoms with Crippen LogP contribution in [-0.4, -0.2) is 17.4 Å². The minimum atomic E-state index is -0.590. The summed E-state index contributed by atoms with van der Waals surface area (Å²) in [5.41, 5.74) is 5.48. The molecule has 0 heterocycles. The first-order chi connectivity index (χ1) is 9.01. The lowest BCUT2D eigenvalue weighted by Gasteiger charge is -2.13. The molecular formula is C13H19N3O3. The second-order valence-corrected chi connectivity index (χ2v) is 4.39. The van der Waals surface area contributed by atoms with E-state index in [2.05, 4.69) is 19.2 Å². The number of hydrogen-bond donors (Lipinski definition) is 2. The van der Waals surface area contributed by atoms with Crippen molar-refractivity contribution in [1.29, 1.82) is 0 Å². The van der Waals surface area contributed by atoms with E-state index in [1.165, 1.54) is 18.2 Å². The number of nitrogens with one attached hydrogen (secondary N) is 1. The number of anilines is 1. The zero-order valence-electron chi connectivity index (χ0n) is 11.2. The highest BCUT2D eigenvalue weighted by Crippen LogP contribution is 2.24. The third-order valence-corrected chi connectivity index (χ3v) is 3.23. The molecule has 3 N–H and O–H groups in total. The number of rotatable bonds is 6. The van der Waals surface area contributed by atoms with Crippen LogP contribution in [0.1, 0.15) is 37.0 Å². The summed E-state index contributed by atoms with van der Waals surface area (Å²) < 4.78 is 0. The number of amides is 1. The Morgan fingerprint density at radius 1 is 1.42 bits per heavy atom. The quantitative estimate of drug-likeness (QED) is 0.468. The fourth-order valence-electron chi connectivity index (χ4n) is 1.82. The van der Waals surface area contributed by atoms with E-state index in [4.69, 9.17) is 5.73 Å². The van der Waals surface area contributed by atoms with Gasteiger partial charge in [0, 0.05) is 12.6 Å². The number of benzene rings is 1. The van der Waals surface area contributed by atoms with Crippen molar-refractivity contribution in [1.82, 2.24) is 5.32 Å². The normalized spacial score (nSPS) is 10.5. The molecule has 0 aliphatic heterocycles. The van der Waals surface area contributed by atoms with Gasteiger partial charge >= 0.3 is 0 Å². The van der Waals surface area contributed by atoms with E-state index in [0.717, 1.165) is 12.8 Å². The molecule has 0 fully saturated rings. The summed E-state index contributed by atoms with van der Waals surface area (Å²) in [6.45, 7) is 4.66. The Hall–Kier alpha value is -2.11. The highest BCUT2D eigenvalue weighted by atomic mass is 16.6. The summed E-state index contributed by atoms with van der Waals surface area (Å²) in [6.07, 6.45) is 1.95. The standard InChI is InChI=1S/C13H19N3O3/c1-3-9(4-2)8-15-13(17)10-6-5-7-11(12(10)14)16(18)19/h5-7,9H,3-4,8,14H2,1-2H3,(H,15,17). The molecule has 0 aromatic heterocycles. The second kappa shape index (κ2) is 6.72. The van der Waals surface area contributed by atoms with Crippen molar-refractivity contribution in [3.05, 3.63) is 33.9 Å². The molecule has 1 aromatic rings. The smallest absolute Gasteiger partial charge is 0.292 e. The Kier molecular flexibility index (Phi) is 5.29. The number of nitro groups is 1. The first kappa shape index (κ1) is 14.9. The summed E-state index contributed by atoms with van der Waals surface area (Å²) in [5.74, 6) is 0.0389. The van der Waals surface area contributed by atoms with Gasteiger partial charge in [0.15, 0.2) is 0 Å². The average Bonchev–Trinajstić information content (AvgIpc) is 2.39. The molecule has 104 valence electrons. The van der Waals surface area contributed by atoms with Gasteiger partial charge in [0.05, 0.1) is 10.5 Å². The van der Waals surface area contributed by atoms with E-state index in [9.17, 15) is 14.9 Å². The van der Waals surface area contributed by atoms with Gasteiger partial charge in [-0.25, -0.2) is 0 Å². The van der Waals surface area contributed by atoms with Crippen LogP contribution in [0.15, 0.2) is 18.2 Å². The maximum Gasteiger partial charge on any atom is 0.292 e. The van der Waals surface area contributed by atoms with Crippen LogP contribution < -0.4 is 11.1 Å². The predicted octanol–water partition coefficient (Wildman–Crippen LogP) is 2.34. The van der Waals surface area contributed by atoms with Gasteiger partial charge in [0.25, 0.3) is 11.6 Å². The molecule has 0 saturated heterocycles. The third-order valence-electron chi connectivity index (χ3n) is 3.23. The zero-order valence-corrected chi connectivity index (χ0v) is 11.2. The Morgan fingerprint density at radius 3 is 2.58 bits per heavy atom. The van der Waals surface area contributed by atoms with Crippen molar-refractivity contribution in [2.45, 2.75) is 26.7 Å². The van der Waals surface area contributed by atoms with Gasteiger partial charge in [-0.3, -0.25) is 14.9 Å². The van der Waals surface area contributed by atoms with E-state index in [0.29, 0.717) is 12.5 Å². The Balaban J connectivity index is 2.83. The molecule has 6 heteroatoms. The first-order valence-electron chi connectivity index (χ1n) is 6.32. The number of para-hydroxylation sites is 1. The molecule has 0 aliphatic rings. The highest BCUT2D eigenvalue weighted by molar-refractivity contribution is 6.00. The van der Waals surface area contributed by atoms with Crippen molar-refractivity contribution in [3.8, 4) is 0 Å². The molecule has 0 bridgehead atoms. The Morgan fingerprint density at radius 2 is 2.05 bits per heavy atom. The molecule has 0 radical (unpaired) electrons. The molecule has 19 heavy (non-hydrogen) atoms. The highest BCUT2D eigenvalue weighted by Gasteiger charge is 2.19. The van der Waals surface area contributed by atoms with E-state index < -0.39 is 4.92 Å². The van der Waals surface area contributed by atoms with Gasteiger partial charge in [-0.2, -0.15) is 0 Å². The summed E-state index contributed by atoms with van der Waals surface area (Å²) in [5, 5.41) is 13.5. The lowest BCUT2D eigenvalue weighted by Crippen LogP contribution is -2.29. The van der Waals surface area contributed by atoms with Crippen LogP contribution in [0, 0.1) is 16.0 Å². The van der Waals surface area contributed by atoms with Crippen molar-refractivity contribution in [2.24, 2.45) is 5.92 Å². The van der Waals surface area contributed by atoms with Crippen molar-refractivity contribution in [3.63, 3.8) is 0 Å². The molecule has 0 aliphatic carbocycles. The largest absolute Gasteiger partial charge is 0.393 e. The Bertz CT molecular complexity index is 470. The zero-order chi connectivity index (χ0) is 14.4. The summed E-state index contributed by atoms with van der Waals surface area (Å²) in [6, 6.07) is 4.23. The van der Waals surface area contributed by atoms with Gasteiger partial charge < -0.3 is 11.1 Å².